The molecule has 0 heterocycles. The first-order valence-corrected chi connectivity index (χ1v) is 16.5. The van der Waals surface area contributed by atoms with E-state index in [1.54, 1.807) is 25.1 Å². The summed E-state index contributed by atoms with van der Waals surface area (Å²) < 4.78 is 45.6. The standard InChI is InChI=1S/C31H36Cl3N3O7S/c1-7-19(2)35-31(39)20(3)36(17-21-8-11-24(33)25(34)14-21)30(38)18-37(26-15-22(32)9-12-27(26)42-4)45(40,41)23-10-13-28(43-5)29(16-23)44-6/h8-16,19-20H,7,17-18H2,1-6H3,(H,35,39)/t19-,20-/m0/s1. The highest BCUT2D eigenvalue weighted by Crippen LogP contribution is 2.37. The molecule has 0 aromatic heterocycles. The molecule has 2 amide bonds. The van der Waals surface area contributed by atoms with Gasteiger partial charge in [0, 0.05) is 23.7 Å². The van der Waals surface area contributed by atoms with Gasteiger partial charge < -0.3 is 24.4 Å². The molecule has 3 aromatic carbocycles. The summed E-state index contributed by atoms with van der Waals surface area (Å²) in [6.45, 7) is 4.56. The number of amides is 2. The van der Waals surface area contributed by atoms with Crippen LogP contribution in [0.2, 0.25) is 15.1 Å². The molecular weight excluding hydrogens is 665 g/mol. The third-order valence-corrected chi connectivity index (χ3v) is 9.87. The lowest BCUT2D eigenvalue weighted by Crippen LogP contribution is -2.52. The fourth-order valence-corrected chi connectivity index (χ4v) is 6.28. The third-order valence-electron chi connectivity index (χ3n) is 7.14. The molecule has 0 aliphatic rings. The van der Waals surface area contributed by atoms with Crippen molar-refractivity contribution in [3.05, 3.63) is 75.2 Å². The molecule has 3 rings (SSSR count). The first-order chi connectivity index (χ1) is 21.3. The number of anilines is 1. The number of carbonyl (C=O) groups is 2. The van der Waals surface area contributed by atoms with Crippen LogP contribution in [-0.2, 0) is 26.2 Å². The molecule has 0 aliphatic heterocycles. The van der Waals surface area contributed by atoms with E-state index in [0.29, 0.717) is 22.8 Å². The molecule has 0 fully saturated rings. The average molecular weight is 701 g/mol. The number of hydrogen-bond acceptors (Lipinski definition) is 7. The summed E-state index contributed by atoms with van der Waals surface area (Å²) in [5.41, 5.74) is 0.593. The second-order valence-corrected chi connectivity index (χ2v) is 13.2. The molecule has 0 aliphatic carbocycles. The van der Waals surface area contributed by atoms with E-state index in [2.05, 4.69) is 5.32 Å². The van der Waals surface area contributed by atoms with Crippen LogP contribution in [0.25, 0.3) is 0 Å². The summed E-state index contributed by atoms with van der Waals surface area (Å²) in [5.74, 6) is -0.464. The minimum atomic E-state index is -4.47. The molecular formula is C31H36Cl3N3O7S. The van der Waals surface area contributed by atoms with Gasteiger partial charge in [-0.1, -0.05) is 47.8 Å². The second-order valence-electron chi connectivity index (χ2n) is 10.1. The van der Waals surface area contributed by atoms with Crippen molar-refractivity contribution >= 4 is 62.3 Å². The van der Waals surface area contributed by atoms with Gasteiger partial charge in [-0.3, -0.25) is 13.9 Å². The molecule has 2 atom stereocenters. The van der Waals surface area contributed by atoms with Crippen LogP contribution in [0.3, 0.4) is 0 Å². The zero-order valence-corrected chi connectivity index (χ0v) is 28.9. The predicted molar refractivity (Wildman–Crippen MR) is 176 cm³/mol. The van der Waals surface area contributed by atoms with Crippen molar-refractivity contribution in [1.29, 1.82) is 0 Å². The van der Waals surface area contributed by atoms with Gasteiger partial charge in [-0.25, -0.2) is 8.42 Å². The highest BCUT2D eigenvalue weighted by molar-refractivity contribution is 7.92. The van der Waals surface area contributed by atoms with Crippen LogP contribution in [-0.4, -0.2) is 65.1 Å². The molecule has 0 radical (unpaired) electrons. The van der Waals surface area contributed by atoms with Gasteiger partial charge in [0.2, 0.25) is 11.8 Å². The average Bonchev–Trinajstić information content (AvgIpc) is 3.02. The number of nitrogens with zero attached hydrogens (tertiary/aromatic N) is 2. The van der Waals surface area contributed by atoms with E-state index in [1.165, 1.54) is 62.6 Å². The Balaban J connectivity index is 2.16. The molecule has 0 saturated heterocycles. The summed E-state index contributed by atoms with van der Waals surface area (Å²) in [4.78, 5) is 28.6. The van der Waals surface area contributed by atoms with Crippen molar-refractivity contribution in [1.82, 2.24) is 10.2 Å². The maximum atomic E-state index is 14.3. The van der Waals surface area contributed by atoms with Crippen LogP contribution in [0, 0.1) is 0 Å². The SMILES string of the molecule is CC[C@H](C)NC(=O)[C@H](C)N(Cc1ccc(Cl)c(Cl)c1)C(=O)CN(c1cc(Cl)ccc1OC)S(=O)(=O)c1ccc(OC)c(OC)c1. The molecule has 10 nitrogen and oxygen atoms in total. The Morgan fingerprint density at radius 2 is 1.49 bits per heavy atom. The number of nitrogens with one attached hydrogen (secondary N) is 1. The van der Waals surface area contributed by atoms with Gasteiger partial charge >= 0.3 is 0 Å². The van der Waals surface area contributed by atoms with Gasteiger partial charge in [0.05, 0.1) is 42.0 Å². The van der Waals surface area contributed by atoms with Crippen molar-refractivity contribution in [3.63, 3.8) is 0 Å². The molecule has 14 heteroatoms. The lowest BCUT2D eigenvalue weighted by atomic mass is 10.1. The van der Waals surface area contributed by atoms with Gasteiger partial charge in [-0.15, -0.1) is 0 Å². The van der Waals surface area contributed by atoms with Crippen LogP contribution in [0.15, 0.2) is 59.5 Å². The van der Waals surface area contributed by atoms with Crippen LogP contribution in [0.5, 0.6) is 17.2 Å². The zero-order valence-electron chi connectivity index (χ0n) is 25.8. The van der Waals surface area contributed by atoms with Crippen molar-refractivity contribution in [2.45, 2.75) is 50.7 Å². The Bertz CT molecular complexity index is 1640. The van der Waals surface area contributed by atoms with E-state index >= 15 is 0 Å². The van der Waals surface area contributed by atoms with Crippen molar-refractivity contribution < 1.29 is 32.2 Å². The first kappa shape index (κ1) is 36.1. The van der Waals surface area contributed by atoms with E-state index < -0.39 is 34.4 Å². The number of benzene rings is 3. The molecule has 0 spiro atoms. The zero-order chi connectivity index (χ0) is 33.5. The van der Waals surface area contributed by atoms with Gasteiger partial charge in [0.25, 0.3) is 10.0 Å². The number of rotatable bonds is 14. The lowest BCUT2D eigenvalue weighted by Gasteiger charge is -2.33. The number of ether oxygens (including phenoxy) is 3. The number of hydrogen-bond donors (Lipinski definition) is 1. The minimum Gasteiger partial charge on any atom is -0.495 e. The largest absolute Gasteiger partial charge is 0.495 e. The van der Waals surface area contributed by atoms with Gasteiger partial charge in [-0.05, 0) is 68.3 Å². The molecule has 45 heavy (non-hydrogen) atoms. The number of methoxy groups -OCH3 is 3. The molecule has 244 valence electrons. The normalized spacial score (nSPS) is 12.6. The summed E-state index contributed by atoms with van der Waals surface area (Å²) in [5, 5.41) is 3.68. The maximum Gasteiger partial charge on any atom is 0.265 e. The summed E-state index contributed by atoms with van der Waals surface area (Å²) in [6.07, 6.45) is 0.672. The topological polar surface area (TPSA) is 114 Å². The third kappa shape index (κ3) is 8.66. The lowest BCUT2D eigenvalue weighted by molar-refractivity contribution is -0.139. The molecule has 1 N–H and O–H groups in total. The van der Waals surface area contributed by atoms with Gasteiger partial charge in [0.15, 0.2) is 11.5 Å². The molecule has 0 bridgehead atoms. The Morgan fingerprint density at radius 3 is 2.09 bits per heavy atom. The smallest absolute Gasteiger partial charge is 0.265 e. The predicted octanol–water partition coefficient (Wildman–Crippen LogP) is 6.20. The summed E-state index contributed by atoms with van der Waals surface area (Å²) in [6, 6.07) is 12.2. The van der Waals surface area contributed by atoms with Gasteiger partial charge in [0.1, 0.15) is 18.3 Å². The highest BCUT2D eigenvalue weighted by atomic mass is 35.5. The Hall–Kier alpha value is -3.38. The Morgan fingerprint density at radius 1 is 0.844 bits per heavy atom. The van der Waals surface area contributed by atoms with E-state index in [0.717, 1.165) is 4.31 Å². The minimum absolute atomic E-state index is 0.0133. The fraction of sp³-hybridized carbons (Fsp3) is 0.355. The maximum absolute atomic E-state index is 14.3. The van der Waals surface area contributed by atoms with Crippen LogP contribution in [0.1, 0.15) is 32.8 Å². The number of carbonyl (C=O) groups excluding carboxylic acids is 2. The number of sulfonamides is 1. The van der Waals surface area contributed by atoms with Crippen molar-refractivity contribution in [2.24, 2.45) is 0 Å². The summed E-state index contributed by atoms with van der Waals surface area (Å²) in [7, 11) is -0.300. The van der Waals surface area contributed by atoms with Crippen LogP contribution < -0.4 is 23.8 Å². The Kier molecular flexibility index (Phi) is 12.6. The summed E-state index contributed by atoms with van der Waals surface area (Å²) >= 11 is 18.7. The van der Waals surface area contributed by atoms with E-state index in [9.17, 15) is 18.0 Å². The first-order valence-electron chi connectivity index (χ1n) is 13.9. The fourth-order valence-electron chi connectivity index (χ4n) is 4.36. The highest BCUT2D eigenvalue weighted by Gasteiger charge is 2.34. The quantitative estimate of drug-likeness (QED) is 0.213. The van der Waals surface area contributed by atoms with Crippen molar-refractivity contribution in [2.75, 3.05) is 32.2 Å². The van der Waals surface area contributed by atoms with Crippen molar-refractivity contribution in [3.8, 4) is 17.2 Å². The van der Waals surface area contributed by atoms with E-state index in [-0.39, 0.29) is 44.7 Å². The van der Waals surface area contributed by atoms with Crippen LogP contribution >= 0.6 is 34.8 Å². The second kappa shape index (κ2) is 15.8. The number of halogens is 3. The Labute approximate surface area is 279 Å². The molecule has 0 saturated carbocycles. The molecule has 3 aromatic rings. The van der Waals surface area contributed by atoms with Crippen LogP contribution in [0.4, 0.5) is 5.69 Å². The monoisotopic (exact) mass is 699 g/mol. The van der Waals surface area contributed by atoms with E-state index in [1.807, 2.05) is 13.8 Å². The molecule has 0 unspecified atom stereocenters. The van der Waals surface area contributed by atoms with Gasteiger partial charge in [-0.2, -0.15) is 0 Å². The van der Waals surface area contributed by atoms with E-state index in [4.69, 9.17) is 49.0 Å².